The quantitative estimate of drug-likeness (QED) is 0.506. The number of amides is 2. The van der Waals surface area contributed by atoms with Crippen LogP contribution < -0.4 is 5.32 Å². The summed E-state index contributed by atoms with van der Waals surface area (Å²) in [5.74, 6) is -0.288. The van der Waals surface area contributed by atoms with Gasteiger partial charge < -0.3 is 10.2 Å². The van der Waals surface area contributed by atoms with Crippen molar-refractivity contribution in [3.8, 4) is 0 Å². The molecule has 7 heteroatoms. The number of aryl methyl sites for hydroxylation is 2. The third-order valence-corrected chi connectivity index (χ3v) is 5.67. The molecule has 6 nitrogen and oxygen atoms in total. The lowest BCUT2D eigenvalue weighted by molar-refractivity contribution is -0.128. The van der Waals surface area contributed by atoms with E-state index in [1.165, 1.54) is 13.0 Å². The van der Waals surface area contributed by atoms with E-state index < -0.39 is 0 Å². The van der Waals surface area contributed by atoms with Crippen LogP contribution in [0.3, 0.4) is 0 Å². The van der Waals surface area contributed by atoms with Crippen molar-refractivity contribution in [1.29, 1.82) is 0 Å². The van der Waals surface area contributed by atoms with Gasteiger partial charge in [0.15, 0.2) is 0 Å². The summed E-state index contributed by atoms with van der Waals surface area (Å²) in [4.78, 5) is 26.6. The van der Waals surface area contributed by atoms with Gasteiger partial charge >= 0.3 is 0 Å². The largest absolute Gasteiger partial charge is 0.328 e. The smallest absolute Gasteiger partial charge is 0.247 e. The maximum absolute atomic E-state index is 13.3. The fourth-order valence-corrected chi connectivity index (χ4v) is 3.77. The number of anilines is 1. The number of rotatable bonds is 7. The number of hydrogen-bond donors (Lipinski definition) is 1. The van der Waals surface area contributed by atoms with Gasteiger partial charge in [-0.3, -0.25) is 14.3 Å². The second-order valence-corrected chi connectivity index (χ2v) is 8.04. The van der Waals surface area contributed by atoms with Crippen molar-refractivity contribution in [1.82, 2.24) is 14.7 Å². The number of carbonyl (C=O) groups is 2. The summed E-state index contributed by atoms with van der Waals surface area (Å²) >= 11 is 6.31. The van der Waals surface area contributed by atoms with E-state index in [-0.39, 0.29) is 17.9 Å². The Hall–Kier alpha value is -3.38. The minimum absolute atomic E-state index is 0.140. The van der Waals surface area contributed by atoms with Crippen LogP contribution >= 0.6 is 11.6 Å². The monoisotopic (exact) mass is 450 g/mol. The van der Waals surface area contributed by atoms with Crippen molar-refractivity contribution in [2.24, 2.45) is 7.05 Å². The van der Waals surface area contributed by atoms with Crippen LogP contribution in [0.4, 0.5) is 5.69 Å². The van der Waals surface area contributed by atoms with Crippen LogP contribution in [-0.4, -0.2) is 26.5 Å². The number of aromatic nitrogens is 2. The minimum atomic E-state index is -0.230. The Labute approximate surface area is 193 Å². The number of nitrogens with one attached hydrogen (secondary N) is 1. The van der Waals surface area contributed by atoms with E-state index in [2.05, 4.69) is 10.4 Å². The van der Waals surface area contributed by atoms with Crippen molar-refractivity contribution in [3.63, 3.8) is 0 Å². The lowest BCUT2D eigenvalue weighted by Gasteiger charge is -2.29. The van der Waals surface area contributed by atoms with E-state index in [0.29, 0.717) is 17.4 Å². The van der Waals surface area contributed by atoms with Crippen LogP contribution in [0.2, 0.25) is 5.15 Å². The second kappa shape index (κ2) is 10.3. The van der Waals surface area contributed by atoms with Crippen LogP contribution in [-0.2, 0) is 23.2 Å². The maximum Gasteiger partial charge on any atom is 0.247 e. The molecule has 0 saturated carbocycles. The summed E-state index contributed by atoms with van der Waals surface area (Å²) in [6.45, 7) is 5.74. The third kappa shape index (κ3) is 5.65. The highest BCUT2D eigenvalue weighted by atomic mass is 35.5. The highest BCUT2D eigenvalue weighted by molar-refractivity contribution is 6.31. The first-order valence-electron chi connectivity index (χ1n) is 10.4. The summed E-state index contributed by atoms with van der Waals surface area (Å²) in [5, 5.41) is 7.57. The summed E-state index contributed by atoms with van der Waals surface area (Å²) in [5.41, 5.74) is 4.12. The van der Waals surface area contributed by atoms with E-state index in [1.807, 2.05) is 68.4 Å². The number of nitrogens with zero attached hydrogens (tertiary/aromatic N) is 3. The molecule has 166 valence electrons. The second-order valence-electron chi connectivity index (χ2n) is 7.68. The summed E-state index contributed by atoms with van der Waals surface area (Å²) in [6, 6.07) is 17.2. The minimum Gasteiger partial charge on any atom is -0.328 e. The van der Waals surface area contributed by atoms with Crippen LogP contribution in [0.25, 0.3) is 6.08 Å². The molecular formula is C25H27ClN4O2. The number of hydrogen-bond acceptors (Lipinski definition) is 3. The Morgan fingerprint density at radius 2 is 1.91 bits per heavy atom. The molecule has 2 amide bonds. The zero-order valence-electron chi connectivity index (χ0n) is 18.7. The van der Waals surface area contributed by atoms with Gasteiger partial charge in [-0.1, -0.05) is 54.1 Å². The van der Waals surface area contributed by atoms with Gasteiger partial charge in [0.25, 0.3) is 0 Å². The Balaban J connectivity index is 1.91. The van der Waals surface area contributed by atoms with Gasteiger partial charge in [0, 0.05) is 37.8 Å². The SMILES string of the molecule is CC(=O)Nc1cccc(C(C)N(Cc2ccccc2)C(=O)/C=C/c2c(C)nn(C)c2Cl)c1. The molecule has 0 aliphatic heterocycles. The first-order valence-corrected chi connectivity index (χ1v) is 10.7. The summed E-state index contributed by atoms with van der Waals surface area (Å²) in [6.07, 6.45) is 3.25. The van der Waals surface area contributed by atoms with Gasteiger partial charge in [-0.15, -0.1) is 0 Å². The zero-order chi connectivity index (χ0) is 23.3. The van der Waals surface area contributed by atoms with Crippen LogP contribution in [0.1, 0.15) is 42.3 Å². The molecule has 0 aliphatic carbocycles. The Morgan fingerprint density at radius 3 is 2.53 bits per heavy atom. The van der Waals surface area contributed by atoms with E-state index in [1.54, 1.807) is 22.7 Å². The molecule has 1 N–H and O–H groups in total. The molecule has 1 unspecified atom stereocenters. The average Bonchev–Trinajstić information content (AvgIpc) is 3.01. The fourth-order valence-electron chi connectivity index (χ4n) is 3.53. The number of halogens is 1. The molecule has 32 heavy (non-hydrogen) atoms. The van der Waals surface area contributed by atoms with Crippen LogP contribution in [0.5, 0.6) is 0 Å². The van der Waals surface area contributed by atoms with E-state index in [9.17, 15) is 9.59 Å². The van der Waals surface area contributed by atoms with Crippen molar-refractivity contribution in [2.75, 3.05) is 5.32 Å². The van der Waals surface area contributed by atoms with Gasteiger partial charge in [0.1, 0.15) is 5.15 Å². The van der Waals surface area contributed by atoms with Crippen molar-refractivity contribution in [2.45, 2.75) is 33.4 Å². The first-order chi connectivity index (χ1) is 15.3. The molecular weight excluding hydrogens is 424 g/mol. The Bertz CT molecular complexity index is 1140. The molecule has 0 saturated heterocycles. The van der Waals surface area contributed by atoms with E-state index >= 15 is 0 Å². The highest BCUT2D eigenvalue weighted by Crippen LogP contribution is 2.26. The predicted molar refractivity (Wildman–Crippen MR) is 128 cm³/mol. The summed E-state index contributed by atoms with van der Waals surface area (Å²) in [7, 11) is 1.76. The van der Waals surface area contributed by atoms with Gasteiger partial charge in [0.2, 0.25) is 11.8 Å². The molecule has 2 aromatic carbocycles. The number of benzene rings is 2. The standard InChI is InChI=1S/C25H27ClN4O2/c1-17-23(25(26)29(4)28-17)13-14-24(32)30(16-20-9-6-5-7-10-20)18(2)21-11-8-12-22(15-21)27-19(3)31/h5-15,18H,16H2,1-4H3,(H,27,31)/b14-13+. The predicted octanol–water partition coefficient (Wildman–Crippen LogP) is 5.14. The zero-order valence-corrected chi connectivity index (χ0v) is 19.4. The fraction of sp³-hybridized carbons (Fsp3) is 0.240. The molecule has 1 atom stereocenters. The third-order valence-electron chi connectivity index (χ3n) is 5.22. The maximum atomic E-state index is 13.3. The van der Waals surface area contributed by atoms with Crippen molar-refractivity contribution in [3.05, 3.63) is 88.2 Å². The molecule has 3 aromatic rings. The highest BCUT2D eigenvalue weighted by Gasteiger charge is 2.21. The molecule has 0 bridgehead atoms. The van der Waals surface area contributed by atoms with Gasteiger partial charge in [0.05, 0.1) is 11.7 Å². The van der Waals surface area contributed by atoms with Gasteiger partial charge in [-0.25, -0.2) is 0 Å². The number of carbonyl (C=O) groups excluding carboxylic acids is 2. The van der Waals surface area contributed by atoms with Crippen molar-refractivity contribution >= 4 is 35.2 Å². The molecule has 0 aliphatic rings. The average molecular weight is 451 g/mol. The summed E-state index contributed by atoms with van der Waals surface area (Å²) < 4.78 is 1.58. The Kier molecular flexibility index (Phi) is 7.49. The molecule has 0 fully saturated rings. The molecule has 1 heterocycles. The van der Waals surface area contributed by atoms with Crippen LogP contribution in [0.15, 0.2) is 60.7 Å². The topological polar surface area (TPSA) is 67.2 Å². The molecule has 3 rings (SSSR count). The van der Waals surface area contributed by atoms with Gasteiger partial charge in [-0.05, 0) is 43.2 Å². The Morgan fingerprint density at radius 1 is 1.19 bits per heavy atom. The lowest BCUT2D eigenvalue weighted by atomic mass is 10.0. The lowest BCUT2D eigenvalue weighted by Crippen LogP contribution is -2.32. The van der Waals surface area contributed by atoms with Crippen LogP contribution in [0, 0.1) is 6.92 Å². The van der Waals surface area contributed by atoms with Crippen molar-refractivity contribution < 1.29 is 9.59 Å². The first kappa shape index (κ1) is 23.3. The van der Waals surface area contributed by atoms with E-state index in [4.69, 9.17) is 11.6 Å². The van der Waals surface area contributed by atoms with Gasteiger partial charge in [-0.2, -0.15) is 5.10 Å². The molecule has 0 radical (unpaired) electrons. The molecule has 1 aromatic heterocycles. The van der Waals surface area contributed by atoms with E-state index in [0.717, 1.165) is 22.4 Å². The normalized spacial score (nSPS) is 12.0. The molecule has 0 spiro atoms.